The fourth-order valence-corrected chi connectivity index (χ4v) is 3.15. The Labute approximate surface area is 153 Å². The first-order chi connectivity index (χ1) is 11.5. The number of rotatable bonds is 7. The Kier molecular flexibility index (Phi) is 6.90. The van der Waals surface area contributed by atoms with Gasteiger partial charge in [-0.2, -0.15) is 11.8 Å². The molecule has 0 spiro atoms. The van der Waals surface area contributed by atoms with Gasteiger partial charge in [-0.15, -0.1) is 0 Å². The van der Waals surface area contributed by atoms with Crippen LogP contribution < -0.4 is 5.32 Å². The van der Waals surface area contributed by atoms with Gasteiger partial charge in [-0.05, 0) is 29.8 Å². The molecule has 0 aliphatic rings. The number of benzene rings is 2. The van der Waals surface area contributed by atoms with Gasteiger partial charge in [-0.25, -0.2) is 0 Å². The Morgan fingerprint density at radius 1 is 1.21 bits per heavy atom. The van der Waals surface area contributed by atoms with E-state index < -0.39 is 4.92 Å². The van der Waals surface area contributed by atoms with Crippen molar-refractivity contribution in [3.05, 3.63) is 73.8 Å². The molecule has 0 radical (unpaired) electrons. The Balaban J connectivity index is 1.79. The molecular weight excluding hydrogens is 371 g/mol. The summed E-state index contributed by atoms with van der Waals surface area (Å²) in [6, 6.07) is 11.6. The number of thioether (sulfide) groups is 1. The van der Waals surface area contributed by atoms with Crippen molar-refractivity contribution in [2.24, 2.45) is 0 Å². The molecule has 2 rings (SSSR count). The van der Waals surface area contributed by atoms with E-state index in [4.69, 9.17) is 23.2 Å². The summed E-state index contributed by atoms with van der Waals surface area (Å²) in [5.74, 6) is 1.15. The summed E-state index contributed by atoms with van der Waals surface area (Å²) < 4.78 is 0. The van der Waals surface area contributed by atoms with Crippen LogP contribution in [0.2, 0.25) is 10.0 Å². The van der Waals surface area contributed by atoms with Crippen LogP contribution in [0.3, 0.4) is 0 Å². The fourth-order valence-electron chi connectivity index (χ4n) is 1.95. The quantitative estimate of drug-likeness (QED) is 0.431. The van der Waals surface area contributed by atoms with Crippen LogP contribution in [0, 0.1) is 10.1 Å². The second kappa shape index (κ2) is 8.92. The highest BCUT2D eigenvalue weighted by Crippen LogP contribution is 2.25. The smallest absolute Gasteiger partial charge is 0.288 e. The molecule has 1 amide bonds. The zero-order valence-electron chi connectivity index (χ0n) is 12.5. The predicted molar refractivity (Wildman–Crippen MR) is 98.1 cm³/mol. The largest absolute Gasteiger partial charge is 0.351 e. The summed E-state index contributed by atoms with van der Waals surface area (Å²) >= 11 is 13.3. The van der Waals surface area contributed by atoms with E-state index in [1.807, 2.05) is 24.3 Å². The van der Waals surface area contributed by atoms with Crippen LogP contribution in [0.25, 0.3) is 0 Å². The summed E-state index contributed by atoms with van der Waals surface area (Å²) in [6.45, 7) is 0.459. The van der Waals surface area contributed by atoms with E-state index in [-0.39, 0.29) is 22.2 Å². The maximum atomic E-state index is 12.0. The van der Waals surface area contributed by atoms with Gasteiger partial charge in [0.05, 0.1) is 4.92 Å². The average Bonchev–Trinajstić information content (AvgIpc) is 2.54. The van der Waals surface area contributed by atoms with Crippen molar-refractivity contribution in [2.45, 2.75) is 5.75 Å². The van der Waals surface area contributed by atoms with E-state index in [0.29, 0.717) is 17.3 Å². The molecule has 8 heteroatoms. The van der Waals surface area contributed by atoms with Crippen molar-refractivity contribution in [2.75, 3.05) is 12.3 Å². The van der Waals surface area contributed by atoms with Gasteiger partial charge in [0.2, 0.25) is 0 Å². The van der Waals surface area contributed by atoms with Crippen molar-refractivity contribution in [1.29, 1.82) is 0 Å². The molecule has 2 aromatic carbocycles. The lowest BCUT2D eigenvalue weighted by molar-refractivity contribution is -0.384. The van der Waals surface area contributed by atoms with Crippen molar-refractivity contribution in [1.82, 2.24) is 5.32 Å². The van der Waals surface area contributed by atoms with Crippen LogP contribution in [-0.4, -0.2) is 23.1 Å². The number of nitro groups is 1. The molecule has 0 aromatic heterocycles. The molecule has 0 heterocycles. The van der Waals surface area contributed by atoms with Gasteiger partial charge >= 0.3 is 0 Å². The van der Waals surface area contributed by atoms with E-state index in [9.17, 15) is 14.9 Å². The lowest BCUT2D eigenvalue weighted by Gasteiger charge is -2.06. The van der Waals surface area contributed by atoms with E-state index in [2.05, 4.69) is 5.32 Å². The second-order valence-electron chi connectivity index (χ2n) is 4.86. The zero-order valence-corrected chi connectivity index (χ0v) is 14.8. The van der Waals surface area contributed by atoms with Crippen LogP contribution >= 0.6 is 35.0 Å². The summed E-state index contributed by atoms with van der Waals surface area (Å²) in [5.41, 5.74) is 1.05. The van der Waals surface area contributed by atoms with E-state index in [1.54, 1.807) is 11.8 Å². The molecule has 24 heavy (non-hydrogen) atoms. The molecule has 0 aliphatic carbocycles. The molecule has 0 bridgehead atoms. The lowest BCUT2D eigenvalue weighted by atomic mass is 10.2. The first-order valence-corrected chi connectivity index (χ1v) is 8.93. The number of nitrogens with zero attached hydrogens (tertiary/aromatic N) is 1. The highest BCUT2D eigenvalue weighted by atomic mass is 35.5. The Morgan fingerprint density at radius 2 is 2.00 bits per heavy atom. The monoisotopic (exact) mass is 384 g/mol. The number of nitro benzene ring substituents is 1. The van der Waals surface area contributed by atoms with Crippen LogP contribution in [0.1, 0.15) is 15.9 Å². The maximum Gasteiger partial charge on any atom is 0.288 e. The molecular formula is C16H14Cl2N2O3S. The lowest BCUT2D eigenvalue weighted by Crippen LogP contribution is -2.25. The third kappa shape index (κ3) is 5.40. The SMILES string of the molecule is O=C(NCCSCc1cccc(Cl)c1)c1ccc(Cl)c([N+](=O)[O-])c1. The first-order valence-electron chi connectivity index (χ1n) is 7.01. The van der Waals surface area contributed by atoms with Gasteiger partial charge in [0, 0.05) is 34.7 Å². The van der Waals surface area contributed by atoms with Crippen molar-refractivity contribution < 1.29 is 9.72 Å². The van der Waals surface area contributed by atoms with Gasteiger partial charge in [0.1, 0.15) is 5.02 Å². The van der Waals surface area contributed by atoms with Gasteiger partial charge in [0.25, 0.3) is 11.6 Å². The van der Waals surface area contributed by atoms with Crippen LogP contribution in [0.4, 0.5) is 5.69 Å². The van der Waals surface area contributed by atoms with E-state index in [1.165, 1.54) is 18.2 Å². The number of nitrogens with one attached hydrogen (secondary N) is 1. The average molecular weight is 385 g/mol. The molecule has 126 valence electrons. The maximum absolute atomic E-state index is 12.0. The molecule has 0 saturated carbocycles. The first kappa shape index (κ1) is 18.6. The molecule has 0 fully saturated rings. The third-order valence-corrected chi connectivity index (χ3v) is 4.68. The van der Waals surface area contributed by atoms with Crippen LogP contribution in [-0.2, 0) is 5.75 Å². The van der Waals surface area contributed by atoms with Crippen molar-refractivity contribution in [3.63, 3.8) is 0 Å². The highest BCUT2D eigenvalue weighted by molar-refractivity contribution is 7.98. The predicted octanol–water partition coefficient (Wildman–Crippen LogP) is 4.56. The number of carbonyl (C=O) groups excluding carboxylic acids is 1. The molecule has 0 unspecified atom stereocenters. The Morgan fingerprint density at radius 3 is 2.71 bits per heavy atom. The van der Waals surface area contributed by atoms with E-state index in [0.717, 1.165) is 11.3 Å². The summed E-state index contributed by atoms with van der Waals surface area (Å²) in [7, 11) is 0. The molecule has 0 aliphatic heterocycles. The van der Waals surface area contributed by atoms with Crippen molar-refractivity contribution in [3.8, 4) is 0 Å². The van der Waals surface area contributed by atoms with Gasteiger partial charge in [-0.3, -0.25) is 14.9 Å². The van der Waals surface area contributed by atoms with Crippen LogP contribution in [0.15, 0.2) is 42.5 Å². The Hall–Kier alpha value is -1.76. The standard InChI is InChI=1S/C16H14Cl2N2O3S/c17-13-3-1-2-11(8-13)10-24-7-6-19-16(21)12-4-5-14(18)15(9-12)20(22)23/h1-5,8-9H,6-7,10H2,(H,19,21). The van der Waals surface area contributed by atoms with Crippen molar-refractivity contribution >= 4 is 46.6 Å². The fraction of sp³-hybridized carbons (Fsp3) is 0.188. The number of hydrogen-bond donors (Lipinski definition) is 1. The minimum atomic E-state index is -0.611. The number of amides is 1. The third-order valence-electron chi connectivity index (χ3n) is 3.09. The summed E-state index contributed by atoms with van der Waals surface area (Å²) in [6.07, 6.45) is 0. The topological polar surface area (TPSA) is 72.2 Å². The molecule has 1 N–H and O–H groups in total. The molecule has 0 saturated heterocycles. The minimum absolute atomic E-state index is 0.00799. The molecule has 0 atom stereocenters. The second-order valence-corrected chi connectivity index (χ2v) is 6.81. The minimum Gasteiger partial charge on any atom is -0.351 e. The normalized spacial score (nSPS) is 10.4. The molecule has 2 aromatic rings. The van der Waals surface area contributed by atoms with E-state index >= 15 is 0 Å². The zero-order chi connectivity index (χ0) is 17.5. The van der Waals surface area contributed by atoms with Gasteiger partial charge < -0.3 is 5.32 Å². The summed E-state index contributed by atoms with van der Waals surface area (Å²) in [5, 5.41) is 14.3. The number of halogens is 2. The van der Waals surface area contributed by atoms with Gasteiger partial charge in [-0.1, -0.05) is 35.3 Å². The Bertz CT molecular complexity index is 756. The number of carbonyl (C=O) groups is 1. The highest BCUT2D eigenvalue weighted by Gasteiger charge is 2.15. The number of hydrogen-bond acceptors (Lipinski definition) is 4. The van der Waals surface area contributed by atoms with Gasteiger partial charge in [0.15, 0.2) is 0 Å². The molecule has 5 nitrogen and oxygen atoms in total. The van der Waals surface area contributed by atoms with Crippen LogP contribution in [0.5, 0.6) is 0 Å². The summed E-state index contributed by atoms with van der Waals surface area (Å²) in [4.78, 5) is 22.2.